The second kappa shape index (κ2) is 5.14. The molecule has 1 atom stereocenters. The van der Waals surface area contributed by atoms with E-state index in [0.29, 0.717) is 12.4 Å². The maximum absolute atomic E-state index is 12.4. The summed E-state index contributed by atoms with van der Waals surface area (Å²) in [4.78, 5) is 0.165. The molecule has 0 amide bonds. The maximum Gasteiger partial charge on any atom is 0.244 e. The Morgan fingerprint density at radius 1 is 1.35 bits per heavy atom. The van der Waals surface area contributed by atoms with Gasteiger partial charge in [-0.25, -0.2) is 8.42 Å². The largest absolute Gasteiger partial charge is 0.244 e. The van der Waals surface area contributed by atoms with Crippen LogP contribution in [0.1, 0.15) is 12.8 Å². The smallest absolute Gasteiger partial charge is 0.207 e. The zero-order valence-corrected chi connectivity index (χ0v) is 11.5. The molecule has 0 N–H and O–H groups in total. The first-order chi connectivity index (χ1) is 8.07. The molecule has 1 aromatic carbocycles. The van der Waals surface area contributed by atoms with Crippen LogP contribution in [0, 0.1) is 0 Å². The predicted octanol–water partition coefficient (Wildman–Crippen LogP) is 2.73. The molecule has 1 aliphatic heterocycles. The summed E-state index contributed by atoms with van der Waals surface area (Å²) >= 11 is 11.7. The molecule has 0 unspecified atom stereocenters. The van der Waals surface area contributed by atoms with Crippen molar-refractivity contribution in [1.82, 2.24) is 4.31 Å². The van der Waals surface area contributed by atoms with Crippen molar-refractivity contribution in [3.63, 3.8) is 0 Å². The van der Waals surface area contributed by atoms with E-state index in [1.807, 2.05) is 0 Å². The molecule has 0 radical (unpaired) electrons. The lowest BCUT2D eigenvalue weighted by Crippen LogP contribution is -2.36. The van der Waals surface area contributed by atoms with Gasteiger partial charge in [0.2, 0.25) is 10.0 Å². The summed E-state index contributed by atoms with van der Waals surface area (Å²) < 4.78 is 26.3. The van der Waals surface area contributed by atoms with Crippen LogP contribution in [0.15, 0.2) is 29.2 Å². The molecule has 0 aliphatic carbocycles. The third-order valence-corrected chi connectivity index (χ3v) is 5.73. The van der Waals surface area contributed by atoms with Gasteiger partial charge >= 0.3 is 0 Å². The molecule has 1 aromatic rings. The van der Waals surface area contributed by atoms with Crippen molar-refractivity contribution in [3.8, 4) is 0 Å². The van der Waals surface area contributed by atoms with E-state index in [4.69, 9.17) is 23.2 Å². The van der Waals surface area contributed by atoms with Gasteiger partial charge < -0.3 is 0 Å². The Labute approximate surface area is 111 Å². The minimum absolute atomic E-state index is 0.113. The molecule has 0 bridgehead atoms. The van der Waals surface area contributed by atoms with E-state index in [2.05, 4.69) is 0 Å². The maximum atomic E-state index is 12.4. The molecule has 1 fully saturated rings. The second-order valence-electron chi connectivity index (χ2n) is 4.00. The topological polar surface area (TPSA) is 37.4 Å². The Morgan fingerprint density at radius 3 is 2.71 bits per heavy atom. The van der Waals surface area contributed by atoms with Crippen LogP contribution in [0.3, 0.4) is 0 Å². The molecule has 1 heterocycles. The average Bonchev–Trinajstić information content (AvgIpc) is 2.78. The van der Waals surface area contributed by atoms with Gasteiger partial charge in [0.05, 0.1) is 5.02 Å². The van der Waals surface area contributed by atoms with Gasteiger partial charge in [0.15, 0.2) is 0 Å². The highest BCUT2D eigenvalue weighted by atomic mass is 35.5. The fourth-order valence-corrected chi connectivity index (χ4v) is 4.65. The van der Waals surface area contributed by atoms with Crippen molar-refractivity contribution in [2.24, 2.45) is 0 Å². The monoisotopic (exact) mass is 293 g/mol. The van der Waals surface area contributed by atoms with E-state index in [1.165, 1.54) is 10.4 Å². The van der Waals surface area contributed by atoms with Crippen LogP contribution in [-0.2, 0) is 10.0 Å². The first kappa shape index (κ1) is 13.1. The molecule has 6 heteroatoms. The molecule has 94 valence electrons. The zero-order valence-electron chi connectivity index (χ0n) is 9.14. The van der Waals surface area contributed by atoms with Gasteiger partial charge in [-0.1, -0.05) is 23.7 Å². The highest BCUT2D eigenvalue weighted by Crippen LogP contribution is 2.30. The molecule has 1 aliphatic rings. The lowest BCUT2D eigenvalue weighted by atomic mass is 10.3. The first-order valence-corrected chi connectivity index (χ1v) is 7.75. The summed E-state index contributed by atoms with van der Waals surface area (Å²) in [5, 5.41) is 0.257. The van der Waals surface area contributed by atoms with Crippen LogP contribution in [0.2, 0.25) is 5.02 Å². The molecule has 3 nitrogen and oxygen atoms in total. The van der Waals surface area contributed by atoms with Crippen molar-refractivity contribution in [1.29, 1.82) is 0 Å². The lowest BCUT2D eigenvalue weighted by Gasteiger charge is -2.22. The van der Waals surface area contributed by atoms with E-state index in [0.717, 1.165) is 12.8 Å². The standard InChI is InChI=1S/C11H13Cl2NO2S/c12-8-9-4-3-7-14(9)17(15,16)11-6-2-1-5-10(11)13/h1-2,5-6,9H,3-4,7-8H2/t9-/m0/s1. The lowest BCUT2D eigenvalue weighted by molar-refractivity contribution is 0.411. The molecular weight excluding hydrogens is 281 g/mol. The van der Waals surface area contributed by atoms with Gasteiger partial charge in [0, 0.05) is 18.5 Å². The number of hydrogen-bond acceptors (Lipinski definition) is 2. The number of alkyl halides is 1. The normalized spacial score (nSPS) is 21.9. The predicted molar refractivity (Wildman–Crippen MR) is 69.1 cm³/mol. The number of sulfonamides is 1. The Hall–Kier alpha value is -0.290. The Kier molecular flexibility index (Phi) is 3.98. The van der Waals surface area contributed by atoms with Gasteiger partial charge in [-0.3, -0.25) is 0 Å². The zero-order chi connectivity index (χ0) is 12.5. The minimum atomic E-state index is -3.51. The number of benzene rings is 1. The van der Waals surface area contributed by atoms with Crippen molar-refractivity contribution in [2.45, 2.75) is 23.8 Å². The third-order valence-electron chi connectivity index (χ3n) is 2.92. The van der Waals surface area contributed by atoms with E-state index < -0.39 is 10.0 Å². The molecular formula is C11H13Cl2NO2S. The number of halogens is 2. The fraction of sp³-hybridized carbons (Fsp3) is 0.455. The van der Waals surface area contributed by atoms with Gasteiger partial charge in [-0.15, -0.1) is 11.6 Å². The molecule has 0 saturated carbocycles. The first-order valence-electron chi connectivity index (χ1n) is 5.39. The Morgan fingerprint density at radius 2 is 2.06 bits per heavy atom. The van der Waals surface area contributed by atoms with E-state index >= 15 is 0 Å². The third kappa shape index (κ3) is 2.45. The van der Waals surface area contributed by atoms with E-state index in [-0.39, 0.29) is 16.0 Å². The van der Waals surface area contributed by atoms with E-state index in [1.54, 1.807) is 18.2 Å². The SMILES string of the molecule is O=S(=O)(c1ccccc1Cl)N1CCC[C@H]1CCl. The molecule has 17 heavy (non-hydrogen) atoms. The van der Waals surface area contributed by atoms with Crippen molar-refractivity contribution in [3.05, 3.63) is 29.3 Å². The number of nitrogens with zero attached hydrogens (tertiary/aromatic N) is 1. The average molecular weight is 294 g/mol. The number of hydrogen-bond donors (Lipinski definition) is 0. The van der Waals surface area contributed by atoms with Crippen LogP contribution >= 0.6 is 23.2 Å². The quantitative estimate of drug-likeness (QED) is 0.804. The van der Waals surface area contributed by atoms with Crippen molar-refractivity contribution >= 4 is 33.2 Å². The van der Waals surface area contributed by atoms with Gasteiger partial charge in [-0.2, -0.15) is 4.31 Å². The highest BCUT2D eigenvalue weighted by Gasteiger charge is 2.35. The Bertz CT molecular complexity index is 504. The molecule has 2 rings (SSSR count). The van der Waals surface area contributed by atoms with Crippen LogP contribution < -0.4 is 0 Å². The van der Waals surface area contributed by atoms with Crippen LogP contribution in [0.5, 0.6) is 0 Å². The molecule has 1 saturated heterocycles. The summed E-state index contributed by atoms with van der Waals surface area (Å²) in [7, 11) is -3.51. The molecule has 0 spiro atoms. The minimum Gasteiger partial charge on any atom is -0.207 e. The fourth-order valence-electron chi connectivity index (χ4n) is 2.06. The van der Waals surface area contributed by atoms with Crippen LogP contribution in [0.25, 0.3) is 0 Å². The van der Waals surface area contributed by atoms with Gasteiger partial charge in [-0.05, 0) is 25.0 Å². The summed E-state index contributed by atoms with van der Waals surface area (Å²) in [6, 6.07) is 6.38. The number of rotatable bonds is 3. The highest BCUT2D eigenvalue weighted by molar-refractivity contribution is 7.89. The summed E-state index contributed by atoms with van der Waals surface area (Å²) in [5.41, 5.74) is 0. The van der Waals surface area contributed by atoms with Gasteiger partial charge in [0.25, 0.3) is 0 Å². The van der Waals surface area contributed by atoms with Crippen molar-refractivity contribution < 1.29 is 8.42 Å². The second-order valence-corrected chi connectivity index (χ2v) is 6.57. The summed E-state index contributed by atoms with van der Waals surface area (Å²) in [5.74, 6) is 0.323. The van der Waals surface area contributed by atoms with Crippen LogP contribution in [0.4, 0.5) is 0 Å². The van der Waals surface area contributed by atoms with Gasteiger partial charge in [0.1, 0.15) is 4.90 Å². The summed E-state index contributed by atoms with van der Waals surface area (Å²) in [6.45, 7) is 0.519. The summed E-state index contributed by atoms with van der Waals surface area (Å²) in [6.07, 6.45) is 1.66. The Balaban J connectivity index is 2.40. The van der Waals surface area contributed by atoms with Crippen LogP contribution in [-0.4, -0.2) is 31.2 Å². The van der Waals surface area contributed by atoms with E-state index in [9.17, 15) is 8.42 Å². The molecule has 0 aromatic heterocycles. The van der Waals surface area contributed by atoms with Crippen molar-refractivity contribution in [2.75, 3.05) is 12.4 Å².